The fraction of sp³-hybridized carbons (Fsp3) is 0.588. The number of morpholine rings is 1. The van der Waals surface area contributed by atoms with Gasteiger partial charge in [-0.25, -0.2) is 0 Å². The molecule has 0 aliphatic carbocycles. The Labute approximate surface area is 131 Å². The van der Waals surface area contributed by atoms with E-state index in [-0.39, 0.29) is 11.8 Å². The van der Waals surface area contributed by atoms with E-state index in [2.05, 4.69) is 17.0 Å². The van der Waals surface area contributed by atoms with E-state index in [0.717, 1.165) is 13.0 Å². The Morgan fingerprint density at radius 1 is 1.18 bits per heavy atom. The van der Waals surface area contributed by atoms with E-state index < -0.39 is 6.10 Å². The zero-order valence-corrected chi connectivity index (χ0v) is 12.9. The number of nitrogens with zero attached hydrogens (tertiary/aromatic N) is 2. The van der Waals surface area contributed by atoms with Crippen molar-refractivity contribution in [2.45, 2.75) is 18.4 Å². The molecule has 0 bridgehead atoms. The van der Waals surface area contributed by atoms with E-state index >= 15 is 0 Å². The summed E-state index contributed by atoms with van der Waals surface area (Å²) in [6.07, 6.45) is 0.482. The Balaban J connectivity index is 1.53. The molecule has 0 aromatic heterocycles. The molecule has 1 N–H and O–H groups in total. The van der Waals surface area contributed by atoms with Crippen LogP contribution in [0.1, 0.15) is 17.9 Å². The standard InChI is InChI=1S/C17H24N2O3/c20-16-12-18(13-17(21)19-8-10-22-11-9-19)7-6-15(16)14-4-2-1-3-5-14/h1-5,15-16,20H,6-13H2/t15-,16+/m0/s1. The van der Waals surface area contributed by atoms with Gasteiger partial charge in [-0.2, -0.15) is 0 Å². The van der Waals surface area contributed by atoms with Gasteiger partial charge < -0.3 is 14.7 Å². The topological polar surface area (TPSA) is 53.0 Å². The largest absolute Gasteiger partial charge is 0.391 e. The second-order valence-electron chi connectivity index (χ2n) is 6.10. The molecule has 120 valence electrons. The number of amides is 1. The molecule has 1 aromatic rings. The molecule has 2 heterocycles. The minimum Gasteiger partial charge on any atom is -0.391 e. The van der Waals surface area contributed by atoms with Crippen molar-refractivity contribution in [2.24, 2.45) is 0 Å². The lowest BCUT2D eigenvalue weighted by Crippen LogP contribution is -2.50. The molecule has 5 nitrogen and oxygen atoms in total. The predicted molar refractivity (Wildman–Crippen MR) is 83.6 cm³/mol. The van der Waals surface area contributed by atoms with Crippen LogP contribution in [0.2, 0.25) is 0 Å². The summed E-state index contributed by atoms with van der Waals surface area (Å²) < 4.78 is 5.27. The van der Waals surface area contributed by atoms with Gasteiger partial charge in [-0.15, -0.1) is 0 Å². The Kier molecular flexibility index (Phi) is 5.08. The highest BCUT2D eigenvalue weighted by atomic mass is 16.5. The zero-order valence-electron chi connectivity index (χ0n) is 12.9. The van der Waals surface area contributed by atoms with Crippen LogP contribution < -0.4 is 0 Å². The number of aliphatic hydroxyl groups excluding tert-OH is 1. The summed E-state index contributed by atoms with van der Waals surface area (Å²) in [6, 6.07) is 10.2. The molecule has 2 aliphatic heterocycles. The summed E-state index contributed by atoms with van der Waals surface area (Å²) in [5.41, 5.74) is 1.19. The maximum absolute atomic E-state index is 12.3. The van der Waals surface area contributed by atoms with E-state index in [1.807, 2.05) is 23.1 Å². The van der Waals surface area contributed by atoms with E-state index in [9.17, 15) is 9.90 Å². The minimum absolute atomic E-state index is 0.147. The summed E-state index contributed by atoms with van der Waals surface area (Å²) >= 11 is 0. The van der Waals surface area contributed by atoms with Crippen LogP contribution in [0.3, 0.4) is 0 Å². The third-order valence-corrected chi connectivity index (χ3v) is 4.62. The number of hydrogen-bond donors (Lipinski definition) is 1. The zero-order chi connectivity index (χ0) is 15.4. The minimum atomic E-state index is -0.409. The van der Waals surface area contributed by atoms with E-state index in [4.69, 9.17) is 4.74 Å². The van der Waals surface area contributed by atoms with Crippen molar-refractivity contribution in [1.82, 2.24) is 9.80 Å². The summed E-state index contributed by atoms with van der Waals surface area (Å²) in [6.45, 7) is 4.44. The number of rotatable bonds is 3. The fourth-order valence-electron chi connectivity index (χ4n) is 3.33. The summed E-state index contributed by atoms with van der Waals surface area (Å²) in [7, 11) is 0. The smallest absolute Gasteiger partial charge is 0.236 e. The van der Waals surface area contributed by atoms with E-state index in [1.54, 1.807) is 0 Å². The molecule has 0 spiro atoms. The van der Waals surface area contributed by atoms with Gasteiger partial charge in [0.05, 0.1) is 25.9 Å². The SMILES string of the molecule is O=C(CN1CC[C@@H](c2ccccc2)[C@H](O)C1)N1CCOCC1. The maximum Gasteiger partial charge on any atom is 0.236 e. The number of aliphatic hydroxyl groups is 1. The van der Waals surface area contributed by atoms with E-state index in [1.165, 1.54) is 5.56 Å². The number of ether oxygens (including phenoxy) is 1. The summed E-state index contributed by atoms with van der Waals surface area (Å²) in [4.78, 5) is 16.2. The van der Waals surface area contributed by atoms with Gasteiger partial charge in [0.1, 0.15) is 0 Å². The number of piperidine rings is 1. The van der Waals surface area contributed by atoms with Crippen LogP contribution in [0.5, 0.6) is 0 Å². The molecule has 1 aromatic carbocycles. The highest BCUT2D eigenvalue weighted by Crippen LogP contribution is 2.28. The number of carbonyl (C=O) groups excluding carboxylic acids is 1. The molecule has 1 amide bonds. The first-order valence-electron chi connectivity index (χ1n) is 8.05. The van der Waals surface area contributed by atoms with Crippen LogP contribution in [0.4, 0.5) is 0 Å². The number of likely N-dealkylation sites (tertiary alicyclic amines) is 1. The second kappa shape index (κ2) is 7.22. The Morgan fingerprint density at radius 3 is 2.59 bits per heavy atom. The van der Waals surface area contributed by atoms with Crippen molar-refractivity contribution in [3.63, 3.8) is 0 Å². The first kappa shape index (κ1) is 15.5. The average molecular weight is 304 g/mol. The molecular formula is C17H24N2O3. The van der Waals surface area contributed by atoms with Crippen molar-refractivity contribution in [2.75, 3.05) is 45.9 Å². The van der Waals surface area contributed by atoms with Crippen LogP contribution >= 0.6 is 0 Å². The van der Waals surface area contributed by atoms with Gasteiger partial charge in [0, 0.05) is 25.6 Å². The number of carbonyl (C=O) groups is 1. The molecule has 2 saturated heterocycles. The highest BCUT2D eigenvalue weighted by Gasteiger charge is 2.30. The lowest BCUT2D eigenvalue weighted by atomic mass is 9.87. The lowest BCUT2D eigenvalue weighted by Gasteiger charge is -2.37. The van der Waals surface area contributed by atoms with Crippen molar-refractivity contribution in [3.8, 4) is 0 Å². The summed E-state index contributed by atoms with van der Waals surface area (Å²) in [5.74, 6) is 0.324. The van der Waals surface area contributed by atoms with Gasteiger partial charge >= 0.3 is 0 Å². The molecule has 2 atom stereocenters. The highest BCUT2D eigenvalue weighted by molar-refractivity contribution is 5.78. The third kappa shape index (κ3) is 3.66. The molecule has 0 unspecified atom stereocenters. The van der Waals surface area contributed by atoms with Crippen LogP contribution in [0, 0.1) is 0 Å². The lowest BCUT2D eigenvalue weighted by molar-refractivity contribution is -0.137. The van der Waals surface area contributed by atoms with Gasteiger partial charge in [0.2, 0.25) is 5.91 Å². The van der Waals surface area contributed by atoms with Crippen LogP contribution in [0.25, 0.3) is 0 Å². The van der Waals surface area contributed by atoms with Crippen molar-refractivity contribution >= 4 is 5.91 Å². The quantitative estimate of drug-likeness (QED) is 0.893. The second-order valence-corrected chi connectivity index (χ2v) is 6.10. The van der Waals surface area contributed by atoms with Crippen molar-refractivity contribution in [3.05, 3.63) is 35.9 Å². The molecule has 2 aliphatic rings. The molecular weight excluding hydrogens is 280 g/mol. The first-order valence-corrected chi connectivity index (χ1v) is 8.05. The molecule has 0 saturated carbocycles. The number of benzene rings is 1. The predicted octanol–water partition coefficient (Wildman–Crippen LogP) is 0.696. The first-order chi connectivity index (χ1) is 10.7. The van der Waals surface area contributed by atoms with Crippen molar-refractivity contribution in [1.29, 1.82) is 0 Å². The molecule has 22 heavy (non-hydrogen) atoms. The van der Waals surface area contributed by atoms with Crippen LogP contribution in [-0.4, -0.2) is 72.9 Å². The van der Waals surface area contributed by atoms with Crippen LogP contribution in [0.15, 0.2) is 30.3 Å². The molecule has 0 radical (unpaired) electrons. The average Bonchev–Trinajstić information content (AvgIpc) is 2.56. The van der Waals surface area contributed by atoms with Gasteiger partial charge in [-0.05, 0) is 18.5 Å². The van der Waals surface area contributed by atoms with Gasteiger partial charge in [-0.3, -0.25) is 9.69 Å². The molecule has 5 heteroatoms. The monoisotopic (exact) mass is 304 g/mol. The number of hydrogen-bond acceptors (Lipinski definition) is 4. The molecule has 3 rings (SSSR count). The fourth-order valence-corrected chi connectivity index (χ4v) is 3.33. The number of β-amino-alcohol motifs (C(OH)–C–C–N with tert-alkyl or cyclic N) is 1. The van der Waals surface area contributed by atoms with Crippen LogP contribution in [-0.2, 0) is 9.53 Å². The molecule has 2 fully saturated rings. The Hall–Kier alpha value is -1.43. The van der Waals surface area contributed by atoms with E-state index in [0.29, 0.717) is 39.4 Å². The maximum atomic E-state index is 12.3. The van der Waals surface area contributed by atoms with Gasteiger partial charge in [0.15, 0.2) is 0 Å². The van der Waals surface area contributed by atoms with Gasteiger partial charge in [0.25, 0.3) is 0 Å². The van der Waals surface area contributed by atoms with Gasteiger partial charge in [-0.1, -0.05) is 30.3 Å². The Bertz CT molecular complexity index is 488. The third-order valence-electron chi connectivity index (χ3n) is 4.62. The van der Waals surface area contributed by atoms with Crippen molar-refractivity contribution < 1.29 is 14.6 Å². The Morgan fingerprint density at radius 2 is 1.91 bits per heavy atom. The summed E-state index contributed by atoms with van der Waals surface area (Å²) in [5, 5.41) is 10.4. The normalized spacial score (nSPS) is 26.9.